The van der Waals surface area contributed by atoms with E-state index in [1.807, 2.05) is 108 Å². The van der Waals surface area contributed by atoms with Gasteiger partial charge in [0.25, 0.3) is 0 Å². The van der Waals surface area contributed by atoms with Crippen molar-refractivity contribution in [2.24, 2.45) is 60.7 Å². The third-order valence-electron chi connectivity index (χ3n) is 26.9. The van der Waals surface area contributed by atoms with Crippen LogP contribution in [0, 0.1) is 22.7 Å². The number of aromatic nitrogens is 2. The summed E-state index contributed by atoms with van der Waals surface area (Å²) in [5, 5.41) is 27.1. The first kappa shape index (κ1) is 93.9. The fourth-order valence-corrected chi connectivity index (χ4v) is 20.6. The van der Waals surface area contributed by atoms with Gasteiger partial charge in [-0.15, -0.1) is 22.7 Å². The van der Waals surface area contributed by atoms with Crippen molar-refractivity contribution in [3.05, 3.63) is 247 Å². The largest absolute Gasteiger partial charge is 0.494 e. The zero-order chi connectivity index (χ0) is 95.1. The van der Waals surface area contributed by atoms with Crippen molar-refractivity contribution in [1.29, 1.82) is 10.5 Å². The van der Waals surface area contributed by atoms with Gasteiger partial charge in [-0.3, -0.25) is 53.2 Å². The molecule has 4 fully saturated rings. The molecule has 7 aliphatic heterocycles. The second kappa shape index (κ2) is 37.5. The van der Waals surface area contributed by atoms with Crippen molar-refractivity contribution < 1.29 is 41.9 Å². The van der Waals surface area contributed by atoms with E-state index in [1.54, 1.807) is 58.3 Å². The van der Waals surface area contributed by atoms with E-state index in [0.717, 1.165) is 98.9 Å². The molecule has 2 aliphatic carbocycles. The average molecular weight is 1840 g/mol. The van der Waals surface area contributed by atoms with E-state index in [9.17, 15) is 42.4 Å². The summed E-state index contributed by atoms with van der Waals surface area (Å²) >= 11 is 2.72. The third-order valence-corrected chi connectivity index (χ3v) is 29.1. The van der Waals surface area contributed by atoms with E-state index < -0.39 is 51.3 Å². The number of alkyl halides is 3. The summed E-state index contributed by atoms with van der Waals surface area (Å²) in [4.78, 5) is 98.9. The molecule has 0 bridgehead atoms. The van der Waals surface area contributed by atoms with Crippen LogP contribution in [0.25, 0.3) is 32.5 Å². The summed E-state index contributed by atoms with van der Waals surface area (Å²) in [5.74, 6) is 2.01. The first-order chi connectivity index (χ1) is 63.3. The number of likely N-dealkylation sites (N-methyl/N-ethyl adjacent to an activating group) is 2. The van der Waals surface area contributed by atoms with Gasteiger partial charge in [-0.2, -0.15) is 28.8 Å². The molecule has 27 nitrogen and oxygen atoms in total. The number of guanidine groups is 5. The maximum Gasteiger partial charge on any atom is 0.416 e. The molecule has 3 aromatic heterocycles. The van der Waals surface area contributed by atoms with Crippen molar-refractivity contribution in [3.8, 4) is 40.3 Å². The third kappa shape index (κ3) is 19.2. The van der Waals surface area contributed by atoms with Gasteiger partial charge < -0.3 is 43.2 Å². The van der Waals surface area contributed by atoms with E-state index in [-0.39, 0.29) is 84.2 Å². The first-order valence-corrected chi connectivity index (χ1v) is 46.5. The van der Waals surface area contributed by atoms with Gasteiger partial charge in [-0.05, 0) is 238 Å². The second-order valence-corrected chi connectivity index (χ2v) is 38.2. The molecule has 9 aliphatic rings. The number of aliphatic imine (C=N–C) groups is 5. The highest BCUT2D eigenvalue weighted by Gasteiger charge is 2.51. The normalized spacial score (nSPS) is 23.6. The van der Waals surface area contributed by atoms with Crippen LogP contribution in [0.15, 0.2) is 206 Å². The van der Waals surface area contributed by atoms with Crippen molar-refractivity contribution in [3.63, 3.8) is 0 Å². The van der Waals surface area contributed by atoms with Crippen molar-refractivity contribution >= 4 is 103 Å². The quantitative estimate of drug-likeness (QED) is 0.0636. The number of hydrogen-bond donors (Lipinski definition) is 5. The molecule has 32 heteroatoms. The number of amides is 5. The molecule has 690 valence electrons. The molecule has 10 aromatic rings. The first-order valence-electron chi connectivity index (χ1n) is 44.7. The lowest BCUT2D eigenvalue weighted by molar-refractivity contribution is -0.137. The number of fused-ring (bicyclic) bond motifs is 1. The van der Waals surface area contributed by atoms with Crippen molar-refractivity contribution in [1.82, 2.24) is 34.3 Å². The maximum absolute atomic E-state index is 13.5. The van der Waals surface area contributed by atoms with Gasteiger partial charge >= 0.3 is 6.18 Å². The number of ether oxygens (including phenoxy) is 1. The molecule has 7 aromatic carbocycles. The van der Waals surface area contributed by atoms with Crippen LogP contribution in [0.3, 0.4) is 0 Å². The minimum atomic E-state index is -4.42. The van der Waals surface area contributed by atoms with Crippen LogP contribution >= 0.6 is 22.7 Å². The number of thiophene rings is 2. The lowest BCUT2D eigenvalue weighted by atomic mass is 9.74. The highest BCUT2D eigenvalue weighted by Crippen LogP contribution is 2.51. The van der Waals surface area contributed by atoms with Gasteiger partial charge in [-0.25, -0.2) is 25.0 Å². The number of benzene rings is 7. The highest BCUT2D eigenvalue weighted by molar-refractivity contribution is 7.17. The Morgan fingerprint density at radius 3 is 1.41 bits per heavy atom. The van der Waals surface area contributed by atoms with Crippen LogP contribution < -0.4 is 43.2 Å². The van der Waals surface area contributed by atoms with Gasteiger partial charge in [0, 0.05) is 95.5 Å². The monoisotopic (exact) mass is 1840 g/mol. The molecule has 0 radical (unpaired) electrons. The summed E-state index contributed by atoms with van der Waals surface area (Å²) in [5.41, 5.74) is 39.6. The van der Waals surface area contributed by atoms with Crippen molar-refractivity contribution in [2.45, 2.75) is 170 Å². The standard InChI is InChI=1S/2C25H30N4O.C21H18F3N3OS.C18H23N5O2.C12H11N5OS/c2*1-25(20-6-5-7-21(16-20)29-14-3-4-15-29)22(23(30)28(2)24(26)27-25)19-12-10-18(11-13-19)17-8-9-17;1-20(11-17(28)27(2)19(25)26-20)15-9-13-6-7-29-18(13)16(10-15)12-4-3-5-14(8-12)21(22,23)24;1-5-25-13-8-6-7-12(9-13)14-10-15(23(4)21-14)18(2)11-16(24)22(3)17(19)20-18;1-12(3-9(18)17(2)11(15)16-12)10-8(5-14)7(4-13)6-19-10/h2*5-7,10-13,16-17,22H,3-4,8-9,14-15H2,1-2H3,(H2,26,27);3-10H,11H2,1-2H3,(H2,25,26);6-10H,5,11H2,1-4H3,(H2,19,20);6H,3H2,1-2H3,(H2,15,16)/t22-,25+;22-,25-;20-;18-;12-/m01000/s1. The molecule has 10 heterocycles. The van der Waals surface area contributed by atoms with Crippen LogP contribution in [0.4, 0.5) is 24.5 Å². The number of nitrogens with zero attached hydrogens (tertiary/aromatic N) is 16. The smallest absolute Gasteiger partial charge is 0.416 e. The summed E-state index contributed by atoms with van der Waals surface area (Å²) < 4.78 is 47.9. The Bertz CT molecular complexity index is 6240. The van der Waals surface area contributed by atoms with Gasteiger partial charge in [0.15, 0.2) is 29.8 Å². The van der Waals surface area contributed by atoms with Crippen LogP contribution in [0.1, 0.15) is 202 Å². The minimum Gasteiger partial charge on any atom is -0.494 e. The molecule has 5 amide bonds. The van der Waals surface area contributed by atoms with Crippen LogP contribution in [0.2, 0.25) is 0 Å². The van der Waals surface area contributed by atoms with E-state index in [2.05, 4.69) is 127 Å². The Labute approximate surface area is 780 Å². The van der Waals surface area contributed by atoms with Gasteiger partial charge in [0.05, 0.1) is 76.2 Å². The van der Waals surface area contributed by atoms with E-state index in [0.29, 0.717) is 40.0 Å². The Hall–Kier alpha value is -13.7. The maximum atomic E-state index is 13.5. The molecule has 7 atom stereocenters. The molecular formula is C101H112F3N21O6S2. The number of aryl methyl sites for hydroxylation is 1. The lowest BCUT2D eigenvalue weighted by Gasteiger charge is -2.41. The number of anilines is 2. The molecule has 0 unspecified atom stereocenters. The van der Waals surface area contributed by atoms with E-state index in [1.165, 1.54) is 127 Å². The molecule has 133 heavy (non-hydrogen) atoms. The Morgan fingerprint density at radius 2 is 0.932 bits per heavy atom. The minimum absolute atomic E-state index is 0.00394. The SMILES string of the molecule is CCOc1cccc(-c2cc([C@]3(C)CC(=O)N(C)C(N)=N3)n(C)n2)c1.CN1C(=O)C[C@@](C)(c2cc(-c3cccc(C(F)(F)F)c3)c3sccc3c2)N=C1N.CN1C(=O)C[C@@](C)(c2scc(C#N)c2C#N)N=C1N.CN1C(=O)[C@@H](c2ccc(C3CC3)cc2)[C@@](C)(c2cccc(N3CCCC3)c2)N=C1N.CN1C(=O)[C@H](c2ccc(C3CC3)cc2)[C@@](C)(c2cccc(N3CCCC3)c2)N=C1N. The van der Waals surface area contributed by atoms with Crippen LogP contribution in [0.5, 0.6) is 5.75 Å². The molecule has 10 N–H and O–H groups in total. The van der Waals surface area contributed by atoms with E-state index in [4.69, 9.17) is 48.7 Å². The number of halogens is 3. The molecule has 0 spiro atoms. The zero-order valence-corrected chi connectivity index (χ0v) is 78.5. The Morgan fingerprint density at radius 1 is 0.481 bits per heavy atom. The zero-order valence-electron chi connectivity index (χ0n) is 76.9. The van der Waals surface area contributed by atoms with Crippen LogP contribution in [-0.2, 0) is 64.9 Å². The summed E-state index contributed by atoms with van der Waals surface area (Å²) in [6, 6.07) is 58.9. The number of carbonyl (C=O) groups is 5. The Balaban J connectivity index is 0.000000128. The predicted octanol–water partition coefficient (Wildman–Crippen LogP) is 15.6. The van der Waals surface area contributed by atoms with E-state index >= 15 is 0 Å². The van der Waals surface area contributed by atoms with Gasteiger partial charge in [-0.1, -0.05) is 97.1 Å². The summed E-state index contributed by atoms with van der Waals surface area (Å²) in [6.07, 6.45) is 6.08. The number of nitrogens with two attached hydrogens (primary N) is 5. The van der Waals surface area contributed by atoms with Gasteiger partial charge in [0.1, 0.15) is 40.0 Å². The topological polar surface area (TPSA) is 375 Å². The fraction of sp³-hybridized carbons (Fsp3) is 0.376. The summed E-state index contributed by atoms with van der Waals surface area (Å²) in [6.45, 7) is 16.5. The second-order valence-electron chi connectivity index (χ2n) is 36.4. The molecule has 2 saturated heterocycles. The number of carbonyl (C=O) groups excluding carboxylic acids is 5. The Kier molecular flexibility index (Phi) is 26.5. The molecular weight excluding hydrogens is 1720 g/mol. The number of hydrogen-bond acceptors (Lipinski definition) is 23. The summed E-state index contributed by atoms with van der Waals surface area (Å²) in [7, 11) is 10.0. The number of rotatable bonds is 15. The highest BCUT2D eigenvalue weighted by atomic mass is 32.1. The fourth-order valence-electron chi connectivity index (χ4n) is 18.6. The average Bonchev–Trinajstić information content (AvgIpc) is 1.30. The van der Waals surface area contributed by atoms with Gasteiger partial charge in [0.2, 0.25) is 29.5 Å². The molecule has 19 rings (SSSR count). The van der Waals surface area contributed by atoms with Crippen molar-refractivity contribution in [2.75, 3.05) is 77.8 Å². The predicted molar refractivity (Wildman–Crippen MR) is 516 cm³/mol. The lowest BCUT2D eigenvalue weighted by Crippen LogP contribution is -2.52. The number of nitriles is 2. The molecule has 2 saturated carbocycles. The van der Waals surface area contributed by atoms with Crippen LogP contribution in [-0.4, -0.2) is 162 Å².